The van der Waals surface area contributed by atoms with Crippen molar-refractivity contribution in [3.05, 3.63) is 49.6 Å². The summed E-state index contributed by atoms with van der Waals surface area (Å²) < 4.78 is 14.9. The summed E-state index contributed by atoms with van der Waals surface area (Å²) in [5, 5.41) is 4.22. The maximum absolute atomic E-state index is 14.1. The molecule has 102 valence electrons. The van der Waals surface area contributed by atoms with Gasteiger partial charge in [-0.15, -0.1) is 11.3 Å². The van der Waals surface area contributed by atoms with Crippen molar-refractivity contribution in [2.24, 2.45) is 0 Å². The highest BCUT2D eigenvalue weighted by molar-refractivity contribution is 9.10. The van der Waals surface area contributed by atoms with Crippen LogP contribution in [0.4, 0.5) is 4.39 Å². The Labute approximate surface area is 125 Å². The molecule has 1 aromatic carbocycles. The second-order valence-corrected chi connectivity index (χ2v) is 6.50. The molecule has 0 radical (unpaired) electrons. The smallest absolute Gasteiger partial charge is 0.128 e. The number of hydrogen-bond donors (Lipinski definition) is 1. The minimum atomic E-state index is -0.209. The highest BCUT2D eigenvalue weighted by Gasteiger charge is 2.21. The lowest BCUT2D eigenvalue weighted by Crippen LogP contribution is -2.23. The van der Waals surface area contributed by atoms with Gasteiger partial charge in [0.05, 0.1) is 11.7 Å². The lowest BCUT2D eigenvalue weighted by Gasteiger charge is -2.17. The summed E-state index contributed by atoms with van der Waals surface area (Å²) in [6, 6.07) is 4.81. The van der Waals surface area contributed by atoms with E-state index in [4.69, 9.17) is 0 Å². The molecule has 1 aromatic heterocycles. The molecule has 0 aliphatic heterocycles. The number of halogens is 2. The van der Waals surface area contributed by atoms with Gasteiger partial charge in [0.15, 0.2) is 0 Å². The highest BCUT2D eigenvalue weighted by atomic mass is 79.9. The van der Waals surface area contributed by atoms with Gasteiger partial charge >= 0.3 is 0 Å². The monoisotopic (exact) mass is 342 g/mol. The average Bonchev–Trinajstić information content (AvgIpc) is 2.70. The normalized spacial score (nSPS) is 12.7. The van der Waals surface area contributed by atoms with Crippen LogP contribution < -0.4 is 5.32 Å². The molecule has 1 heterocycles. The third-order valence-electron chi connectivity index (χ3n) is 2.97. The van der Waals surface area contributed by atoms with Crippen LogP contribution in [0.1, 0.15) is 34.1 Å². The van der Waals surface area contributed by atoms with Gasteiger partial charge in [0, 0.05) is 14.9 Å². The van der Waals surface area contributed by atoms with Gasteiger partial charge in [0.1, 0.15) is 10.8 Å². The van der Waals surface area contributed by atoms with Crippen molar-refractivity contribution < 1.29 is 4.39 Å². The van der Waals surface area contributed by atoms with Gasteiger partial charge in [-0.1, -0.05) is 22.9 Å². The first kappa shape index (κ1) is 14.6. The fourth-order valence-corrected chi connectivity index (χ4v) is 3.29. The van der Waals surface area contributed by atoms with Gasteiger partial charge < -0.3 is 5.32 Å². The molecular weight excluding hydrogens is 327 g/mol. The Morgan fingerprint density at radius 1 is 1.42 bits per heavy atom. The molecule has 0 aliphatic carbocycles. The second kappa shape index (κ2) is 6.11. The number of nitrogens with zero attached hydrogens (tertiary/aromatic N) is 1. The van der Waals surface area contributed by atoms with Crippen molar-refractivity contribution in [3.8, 4) is 0 Å². The average molecular weight is 343 g/mol. The van der Waals surface area contributed by atoms with Gasteiger partial charge in [-0.25, -0.2) is 9.37 Å². The summed E-state index contributed by atoms with van der Waals surface area (Å²) in [4.78, 5) is 5.72. The van der Waals surface area contributed by atoms with Crippen molar-refractivity contribution in [3.63, 3.8) is 0 Å². The lowest BCUT2D eigenvalue weighted by molar-refractivity contribution is 0.557. The van der Waals surface area contributed by atoms with Crippen LogP contribution in [-0.2, 0) is 0 Å². The van der Waals surface area contributed by atoms with E-state index in [2.05, 4.69) is 26.2 Å². The van der Waals surface area contributed by atoms with Crippen LogP contribution in [0.15, 0.2) is 22.7 Å². The first-order valence-electron chi connectivity index (χ1n) is 6.15. The van der Waals surface area contributed by atoms with Gasteiger partial charge in [0.2, 0.25) is 0 Å². The van der Waals surface area contributed by atoms with Crippen molar-refractivity contribution in [2.45, 2.75) is 26.8 Å². The molecule has 2 aromatic rings. The Hall–Kier alpha value is -0.780. The molecule has 0 bridgehead atoms. The molecule has 0 spiro atoms. The van der Waals surface area contributed by atoms with E-state index in [1.807, 2.05) is 26.8 Å². The molecule has 0 saturated carbocycles. The molecular formula is C14H16BrFN2S. The van der Waals surface area contributed by atoms with Crippen LogP contribution in [-0.4, -0.2) is 11.5 Å². The molecule has 1 atom stereocenters. The molecule has 2 rings (SSSR count). The first-order valence-corrected chi connectivity index (χ1v) is 7.76. The zero-order valence-electron chi connectivity index (χ0n) is 11.1. The zero-order chi connectivity index (χ0) is 14.0. The lowest BCUT2D eigenvalue weighted by atomic mass is 10.1. The summed E-state index contributed by atoms with van der Waals surface area (Å²) in [6.07, 6.45) is 0. The topological polar surface area (TPSA) is 24.9 Å². The molecule has 0 amide bonds. The molecule has 2 nitrogen and oxygen atoms in total. The van der Waals surface area contributed by atoms with E-state index >= 15 is 0 Å². The van der Waals surface area contributed by atoms with E-state index in [0.717, 1.165) is 21.7 Å². The van der Waals surface area contributed by atoms with Crippen LogP contribution in [0.5, 0.6) is 0 Å². The Kier molecular flexibility index (Phi) is 4.71. The minimum Gasteiger partial charge on any atom is -0.304 e. The van der Waals surface area contributed by atoms with E-state index in [1.165, 1.54) is 10.9 Å². The van der Waals surface area contributed by atoms with Crippen LogP contribution in [0.3, 0.4) is 0 Å². The maximum Gasteiger partial charge on any atom is 0.128 e. The Morgan fingerprint density at radius 2 is 2.16 bits per heavy atom. The summed E-state index contributed by atoms with van der Waals surface area (Å²) in [6.45, 7) is 6.79. The molecule has 5 heteroatoms. The fraction of sp³-hybridized carbons (Fsp3) is 0.357. The van der Waals surface area contributed by atoms with Gasteiger partial charge in [-0.2, -0.15) is 0 Å². The Morgan fingerprint density at radius 3 is 2.74 bits per heavy atom. The summed E-state index contributed by atoms with van der Waals surface area (Å²) in [7, 11) is 0. The van der Waals surface area contributed by atoms with E-state index < -0.39 is 0 Å². The number of aryl methyl sites for hydroxylation is 2. The first-order chi connectivity index (χ1) is 9.02. The number of benzene rings is 1. The standard InChI is InChI=1S/C14H16BrFN2S/c1-4-17-13(14-18-8(2)9(3)19-14)11-7-10(15)5-6-12(11)16/h5-7,13,17H,4H2,1-3H3. The predicted octanol–water partition coefficient (Wildman–Crippen LogP) is 4.36. The summed E-state index contributed by atoms with van der Waals surface area (Å²) in [5.41, 5.74) is 1.64. The molecule has 1 unspecified atom stereocenters. The van der Waals surface area contributed by atoms with Crippen molar-refractivity contribution >= 4 is 27.3 Å². The van der Waals surface area contributed by atoms with Crippen LogP contribution >= 0.6 is 27.3 Å². The SMILES string of the molecule is CCNC(c1nc(C)c(C)s1)c1cc(Br)ccc1F. The van der Waals surface area contributed by atoms with Crippen molar-refractivity contribution in [1.82, 2.24) is 10.3 Å². The third-order valence-corrected chi connectivity index (χ3v) is 4.60. The Bertz CT molecular complexity index is 563. The van der Waals surface area contributed by atoms with E-state index in [1.54, 1.807) is 17.4 Å². The quantitative estimate of drug-likeness (QED) is 0.892. The number of rotatable bonds is 4. The molecule has 0 saturated heterocycles. The summed E-state index contributed by atoms with van der Waals surface area (Å²) in [5.74, 6) is -0.209. The molecule has 0 aliphatic rings. The zero-order valence-corrected chi connectivity index (χ0v) is 13.5. The van der Waals surface area contributed by atoms with Crippen molar-refractivity contribution in [1.29, 1.82) is 0 Å². The second-order valence-electron chi connectivity index (χ2n) is 4.35. The fourth-order valence-electron chi connectivity index (χ4n) is 1.89. The predicted molar refractivity (Wildman–Crippen MR) is 81.2 cm³/mol. The third kappa shape index (κ3) is 3.22. The number of thiazole rings is 1. The molecule has 1 N–H and O–H groups in total. The van der Waals surface area contributed by atoms with Crippen molar-refractivity contribution in [2.75, 3.05) is 6.54 Å². The summed E-state index contributed by atoms with van der Waals surface area (Å²) >= 11 is 5.01. The minimum absolute atomic E-state index is 0.195. The Balaban J connectivity index is 2.47. The highest BCUT2D eigenvalue weighted by Crippen LogP contribution is 2.30. The van der Waals surface area contributed by atoms with E-state index in [0.29, 0.717) is 5.56 Å². The van der Waals surface area contributed by atoms with Gasteiger partial charge in [0.25, 0.3) is 0 Å². The van der Waals surface area contributed by atoms with E-state index in [9.17, 15) is 4.39 Å². The number of nitrogens with one attached hydrogen (secondary N) is 1. The van der Waals surface area contributed by atoms with Crippen LogP contribution in [0, 0.1) is 19.7 Å². The van der Waals surface area contributed by atoms with Gasteiger partial charge in [-0.3, -0.25) is 0 Å². The number of hydrogen-bond acceptors (Lipinski definition) is 3. The van der Waals surface area contributed by atoms with Crippen LogP contribution in [0.2, 0.25) is 0 Å². The molecule has 19 heavy (non-hydrogen) atoms. The number of aromatic nitrogens is 1. The van der Waals surface area contributed by atoms with Gasteiger partial charge in [-0.05, 0) is 38.6 Å². The largest absolute Gasteiger partial charge is 0.304 e. The van der Waals surface area contributed by atoms with E-state index in [-0.39, 0.29) is 11.9 Å². The van der Waals surface area contributed by atoms with Crippen LogP contribution in [0.25, 0.3) is 0 Å². The maximum atomic E-state index is 14.1. The molecule has 0 fully saturated rings.